The van der Waals surface area contributed by atoms with Gasteiger partial charge in [-0.05, 0) is 24.6 Å². The van der Waals surface area contributed by atoms with Gasteiger partial charge in [-0.15, -0.1) is 0 Å². The standard InChI is InChI=1S/C15H12N2O6S/c18-15(19)10-6-4-9(5-7-10)13-16-14(23-17-13)11-2-1-3-12(8-11)24(20,21)22/h1,3-8,11H,2H2,(H,18,19)(H,20,21,22). The highest BCUT2D eigenvalue weighted by Crippen LogP contribution is 2.29. The number of carboxylic acid groups (broad SMARTS) is 1. The summed E-state index contributed by atoms with van der Waals surface area (Å²) >= 11 is 0. The van der Waals surface area contributed by atoms with Gasteiger partial charge >= 0.3 is 5.97 Å². The highest BCUT2D eigenvalue weighted by Gasteiger charge is 2.23. The number of nitrogens with zero attached hydrogens (tertiary/aromatic N) is 2. The molecule has 9 heteroatoms. The molecule has 0 saturated heterocycles. The summed E-state index contributed by atoms with van der Waals surface area (Å²) < 4.78 is 36.7. The van der Waals surface area contributed by atoms with Crippen molar-refractivity contribution in [3.8, 4) is 11.4 Å². The number of aromatic carboxylic acids is 1. The van der Waals surface area contributed by atoms with Gasteiger partial charge in [-0.25, -0.2) is 4.79 Å². The Morgan fingerprint density at radius 1 is 1.25 bits per heavy atom. The summed E-state index contributed by atoms with van der Waals surface area (Å²) in [5.41, 5.74) is 0.709. The SMILES string of the molecule is O=C(O)c1ccc(-c2noc(C3C=C(S(=O)(=O)O)C=CC3)n2)cc1. The number of hydrogen-bond donors (Lipinski definition) is 2. The molecule has 1 atom stereocenters. The zero-order chi connectivity index (χ0) is 17.3. The molecule has 0 radical (unpaired) electrons. The molecule has 0 amide bonds. The van der Waals surface area contributed by atoms with Crippen LogP contribution in [0.3, 0.4) is 0 Å². The van der Waals surface area contributed by atoms with Crippen LogP contribution < -0.4 is 0 Å². The molecule has 1 aliphatic rings. The second-order valence-electron chi connectivity index (χ2n) is 5.13. The molecule has 2 N–H and O–H groups in total. The number of benzene rings is 1. The molecule has 0 aliphatic heterocycles. The van der Waals surface area contributed by atoms with Crippen molar-refractivity contribution in [2.75, 3.05) is 0 Å². The number of hydrogen-bond acceptors (Lipinski definition) is 6. The van der Waals surface area contributed by atoms with Crippen molar-refractivity contribution in [3.63, 3.8) is 0 Å². The molecule has 124 valence electrons. The van der Waals surface area contributed by atoms with E-state index in [1.54, 1.807) is 18.2 Å². The first-order valence-electron chi connectivity index (χ1n) is 6.88. The van der Waals surface area contributed by atoms with E-state index in [9.17, 15) is 13.2 Å². The number of carbonyl (C=O) groups is 1. The third kappa shape index (κ3) is 3.26. The molecule has 8 nitrogen and oxygen atoms in total. The molecule has 1 aromatic carbocycles. The predicted molar refractivity (Wildman–Crippen MR) is 82.8 cm³/mol. The zero-order valence-corrected chi connectivity index (χ0v) is 13.0. The van der Waals surface area contributed by atoms with Crippen molar-refractivity contribution in [2.24, 2.45) is 0 Å². The van der Waals surface area contributed by atoms with Gasteiger partial charge < -0.3 is 9.63 Å². The van der Waals surface area contributed by atoms with E-state index in [2.05, 4.69) is 10.1 Å². The molecule has 2 aromatic rings. The van der Waals surface area contributed by atoms with Crippen LogP contribution in [0.2, 0.25) is 0 Å². The molecule has 3 rings (SSSR count). The van der Waals surface area contributed by atoms with Crippen molar-refractivity contribution >= 4 is 16.1 Å². The summed E-state index contributed by atoms with van der Waals surface area (Å²) in [4.78, 5) is 14.8. The average Bonchev–Trinajstić information content (AvgIpc) is 3.04. The molecular weight excluding hydrogens is 336 g/mol. The first-order chi connectivity index (χ1) is 11.3. The maximum absolute atomic E-state index is 11.2. The van der Waals surface area contributed by atoms with Crippen LogP contribution in [0.1, 0.15) is 28.6 Å². The second kappa shape index (κ2) is 6.02. The van der Waals surface area contributed by atoms with Gasteiger partial charge in [0.15, 0.2) is 0 Å². The lowest BCUT2D eigenvalue weighted by Gasteiger charge is -2.10. The van der Waals surface area contributed by atoms with E-state index in [4.69, 9.17) is 14.2 Å². The Kier molecular flexibility index (Phi) is 4.04. The largest absolute Gasteiger partial charge is 0.478 e. The molecule has 1 heterocycles. The Morgan fingerprint density at radius 3 is 2.58 bits per heavy atom. The summed E-state index contributed by atoms with van der Waals surface area (Å²) in [6.07, 6.45) is 4.71. The number of rotatable bonds is 4. The highest BCUT2D eigenvalue weighted by atomic mass is 32.2. The fourth-order valence-electron chi connectivity index (χ4n) is 2.26. The second-order valence-corrected chi connectivity index (χ2v) is 6.55. The fraction of sp³-hybridized carbons (Fsp3) is 0.133. The van der Waals surface area contributed by atoms with Crippen molar-refractivity contribution in [1.82, 2.24) is 10.1 Å². The van der Waals surface area contributed by atoms with E-state index < -0.39 is 22.0 Å². The zero-order valence-electron chi connectivity index (χ0n) is 12.2. The van der Waals surface area contributed by atoms with E-state index in [0.717, 1.165) is 0 Å². The van der Waals surface area contributed by atoms with E-state index in [1.807, 2.05) is 0 Å². The Hall–Kier alpha value is -2.78. The lowest BCUT2D eigenvalue weighted by atomic mass is 10.0. The first-order valence-corrected chi connectivity index (χ1v) is 8.32. The molecule has 24 heavy (non-hydrogen) atoms. The summed E-state index contributed by atoms with van der Waals surface area (Å²) in [6, 6.07) is 5.96. The van der Waals surface area contributed by atoms with E-state index >= 15 is 0 Å². The van der Waals surface area contributed by atoms with Crippen LogP contribution >= 0.6 is 0 Å². The van der Waals surface area contributed by atoms with Crippen molar-refractivity contribution in [1.29, 1.82) is 0 Å². The van der Waals surface area contributed by atoms with Gasteiger partial charge in [-0.2, -0.15) is 13.4 Å². The van der Waals surface area contributed by atoms with E-state index in [0.29, 0.717) is 12.0 Å². The molecule has 1 aromatic heterocycles. The quantitative estimate of drug-likeness (QED) is 0.804. The minimum atomic E-state index is -4.30. The summed E-state index contributed by atoms with van der Waals surface area (Å²) in [6.45, 7) is 0. The smallest absolute Gasteiger partial charge is 0.335 e. The lowest BCUT2D eigenvalue weighted by molar-refractivity contribution is 0.0697. The van der Waals surface area contributed by atoms with Gasteiger partial charge in [0, 0.05) is 5.56 Å². The molecule has 1 unspecified atom stereocenters. The van der Waals surface area contributed by atoms with Crippen LogP contribution in [-0.4, -0.2) is 34.2 Å². The van der Waals surface area contributed by atoms with Crippen molar-refractivity contribution < 1.29 is 27.4 Å². The van der Waals surface area contributed by atoms with E-state index in [1.165, 1.54) is 24.3 Å². The van der Waals surface area contributed by atoms with Gasteiger partial charge in [0.25, 0.3) is 10.1 Å². The topological polar surface area (TPSA) is 131 Å². The monoisotopic (exact) mass is 348 g/mol. The number of aromatic nitrogens is 2. The predicted octanol–water partition coefficient (Wildman–Crippen LogP) is 2.25. The third-order valence-corrected chi connectivity index (χ3v) is 4.35. The van der Waals surface area contributed by atoms with Gasteiger partial charge in [0.05, 0.1) is 16.4 Å². The van der Waals surface area contributed by atoms with Gasteiger partial charge in [0.1, 0.15) is 0 Å². The van der Waals surface area contributed by atoms with Crippen LogP contribution in [0.25, 0.3) is 11.4 Å². The lowest BCUT2D eigenvalue weighted by Crippen LogP contribution is -2.06. The highest BCUT2D eigenvalue weighted by molar-refractivity contribution is 7.90. The van der Waals surface area contributed by atoms with Crippen LogP contribution in [0.4, 0.5) is 0 Å². The minimum absolute atomic E-state index is 0.139. The van der Waals surface area contributed by atoms with Crippen LogP contribution in [-0.2, 0) is 10.1 Å². The summed E-state index contributed by atoms with van der Waals surface area (Å²) in [5.74, 6) is -1.03. The van der Waals surface area contributed by atoms with Crippen LogP contribution in [0, 0.1) is 0 Å². The maximum atomic E-state index is 11.2. The number of allylic oxidation sites excluding steroid dienone is 3. The summed E-state index contributed by atoms with van der Waals surface area (Å²) in [5, 5.41) is 12.7. The fourth-order valence-corrected chi connectivity index (χ4v) is 2.87. The van der Waals surface area contributed by atoms with Crippen LogP contribution in [0.5, 0.6) is 0 Å². The summed E-state index contributed by atoms with van der Waals surface area (Å²) in [7, 11) is -4.30. The van der Waals surface area contributed by atoms with Crippen molar-refractivity contribution in [2.45, 2.75) is 12.3 Å². The Balaban J connectivity index is 1.87. The molecule has 1 aliphatic carbocycles. The molecule has 0 bridgehead atoms. The number of carboxylic acids is 1. The third-order valence-electron chi connectivity index (χ3n) is 3.48. The normalized spacial score (nSPS) is 17.5. The van der Waals surface area contributed by atoms with Gasteiger partial charge in [-0.3, -0.25) is 4.55 Å². The average molecular weight is 348 g/mol. The molecular formula is C15H12N2O6S. The van der Waals surface area contributed by atoms with Gasteiger partial charge in [-0.1, -0.05) is 29.4 Å². The first kappa shape index (κ1) is 16.1. The Labute approximate surface area is 136 Å². The van der Waals surface area contributed by atoms with Crippen molar-refractivity contribution in [3.05, 3.63) is 58.9 Å². The van der Waals surface area contributed by atoms with Gasteiger partial charge in [0.2, 0.25) is 11.7 Å². The Morgan fingerprint density at radius 2 is 1.96 bits per heavy atom. The molecule has 0 fully saturated rings. The molecule has 0 spiro atoms. The molecule has 0 saturated carbocycles. The maximum Gasteiger partial charge on any atom is 0.335 e. The van der Waals surface area contributed by atoms with Crippen LogP contribution in [0.15, 0.2) is 51.9 Å². The minimum Gasteiger partial charge on any atom is -0.478 e. The van der Waals surface area contributed by atoms with E-state index in [-0.39, 0.29) is 22.2 Å². The Bertz CT molecular complexity index is 941.